The normalized spacial score (nSPS) is 21.8. The summed E-state index contributed by atoms with van der Waals surface area (Å²) >= 11 is 0. The molecule has 170 valence electrons. The van der Waals surface area contributed by atoms with Gasteiger partial charge in [-0.1, -0.05) is 63.2 Å². The Balaban J connectivity index is 2.32. The molecular formula is C26H30O6. The zero-order valence-corrected chi connectivity index (χ0v) is 19.4. The smallest absolute Gasteiger partial charge is 0.346 e. The monoisotopic (exact) mass is 438 g/mol. The van der Waals surface area contributed by atoms with E-state index in [0.29, 0.717) is 16.9 Å². The van der Waals surface area contributed by atoms with E-state index in [1.165, 1.54) is 13.8 Å². The lowest BCUT2D eigenvalue weighted by Gasteiger charge is -2.38. The lowest BCUT2D eigenvalue weighted by atomic mass is 9.68. The zero-order chi connectivity index (χ0) is 23.7. The molecule has 2 aromatic carbocycles. The van der Waals surface area contributed by atoms with Crippen molar-refractivity contribution in [2.75, 3.05) is 7.11 Å². The van der Waals surface area contributed by atoms with E-state index < -0.39 is 35.1 Å². The zero-order valence-electron chi connectivity index (χ0n) is 19.4. The molecule has 1 aliphatic rings. The van der Waals surface area contributed by atoms with Crippen LogP contribution < -0.4 is 4.74 Å². The van der Waals surface area contributed by atoms with Gasteiger partial charge < -0.3 is 14.2 Å². The van der Waals surface area contributed by atoms with Crippen molar-refractivity contribution in [1.29, 1.82) is 0 Å². The van der Waals surface area contributed by atoms with Crippen LogP contribution >= 0.6 is 0 Å². The summed E-state index contributed by atoms with van der Waals surface area (Å²) in [6, 6.07) is 15.9. The Morgan fingerprint density at radius 3 is 1.97 bits per heavy atom. The van der Waals surface area contributed by atoms with Crippen molar-refractivity contribution in [2.24, 2.45) is 11.3 Å². The number of Topliss-reactive ketones (excluding diaryl/α,β-unsaturated/α-hetero) is 2. The third-order valence-electron chi connectivity index (χ3n) is 5.84. The first-order valence-electron chi connectivity index (χ1n) is 10.6. The number of rotatable bonds is 7. The van der Waals surface area contributed by atoms with Gasteiger partial charge in [0.1, 0.15) is 17.3 Å². The summed E-state index contributed by atoms with van der Waals surface area (Å²) in [5, 5.41) is 0. The Kier molecular flexibility index (Phi) is 6.56. The van der Waals surface area contributed by atoms with Gasteiger partial charge >= 0.3 is 5.97 Å². The number of ketones is 2. The summed E-state index contributed by atoms with van der Waals surface area (Å²) in [5.74, 6) is -2.71. The summed E-state index contributed by atoms with van der Waals surface area (Å²) < 4.78 is 17.5. The number of hydrogen-bond acceptors (Lipinski definition) is 6. The molecule has 1 heterocycles. The van der Waals surface area contributed by atoms with Crippen LogP contribution in [-0.4, -0.2) is 30.9 Å². The van der Waals surface area contributed by atoms with E-state index in [1.54, 1.807) is 55.6 Å². The van der Waals surface area contributed by atoms with Crippen molar-refractivity contribution in [2.45, 2.75) is 52.4 Å². The summed E-state index contributed by atoms with van der Waals surface area (Å²) in [6.07, 6.45) is -0.851. The maximum absolute atomic E-state index is 13.6. The molecule has 0 saturated carbocycles. The van der Waals surface area contributed by atoms with Crippen LogP contribution in [0.5, 0.6) is 5.75 Å². The first-order valence-corrected chi connectivity index (χ1v) is 10.6. The molecule has 0 amide bonds. The average molecular weight is 439 g/mol. The Labute approximate surface area is 188 Å². The minimum Gasteiger partial charge on any atom is -0.497 e. The molecule has 3 rings (SSSR count). The number of benzene rings is 2. The van der Waals surface area contributed by atoms with E-state index in [9.17, 15) is 14.4 Å². The third kappa shape index (κ3) is 4.19. The molecule has 6 nitrogen and oxygen atoms in total. The van der Waals surface area contributed by atoms with Gasteiger partial charge in [-0.25, -0.2) is 4.79 Å². The summed E-state index contributed by atoms with van der Waals surface area (Å²) in [4.78, 5) is 39.2. The third-order valence-corrected chi connectivity index (χ3v) is 5.84. The van der Waals surface area contributed by atoms with Gasteiger partial charge in [0.05, 0.1) is 13.0 Å². The fraction of sp³-hybridized carbons (Fsp3) is 0.423. The minimum atomic E-state index is -1.67. The predicted molar refractivity (Wildman–Crippen MR) is 119 cm³/mol. The topological polar surface area (TPSA) is 78.9 Å². The summed E-state index contributed by atoms with van der Waals surface area (Å²) in [5.41, 5.74) is -1.05. The number of hydrogen-bond donors (Lipinski definition) is 0. The van der Waals surface area contributed by atoms with Gasteiger partial charge in [-0.15, -0.1) is 0 Å². The van der Waals surface area contributed by atoms with E-state index in [4.69, 9.17) is 14.2 Å². The minimum absolute atomic E-state index is 0.343. The highest BCUT2D eigenvalue weighted by Crippen LogP contribution is 2.52. The van der Waals surface area contributed by atoms with Gasteiger partial charge in [-0.3, -0.25) is 9.59 Å². The largest absolute Gasteiger partial charge is 0.497 e. The number of carbonyl (C=O) groups excluding carboxylic acids is 3. The molecule has 6 heteroatoms. The van der Waals surface area contributed by atoms with E-state index in [-0.39, 0.29) is 11.6 Å². The van der Waals surface area contributed by atoms with Crippen molar-refractivity contribution in [3.63, 3.8) is 0 Å². The fourth-order valence-corrected chi connectivity index (χ4v) is 4.26. The average Bonchev–Trinajstić information content (AvgIpc) is 3.10. The SMILES string of the molecule is COc1ccc([C@H](C(C(C)=O)C(C)=O)[C@@]2(c3ccccc3)O[C@H](C(C)(C)C)OC2=O)cc1. The van der Waals surface area contributed by atoms with Gasteiger partial charge in [-0.2, -0.15) is 0 Å². The molecular weight excluding hydrogens is 408 g/mol. The Bertz CT molecular complexity index is 975. The van der Waals surface area contributed by atoms with Crippen molar-refractivity contribution < 1.29 is 28.6 Å². The molecule has 32 heavy (non-hydrogen) atoms. The molecule has 2 aromatic rings. The van der Waals surface area contributed by atoms with Gasteiger partial charge in [0, 0.05) is 11.3 Å². The predicted octanol–water partition coefficient (Wildman–Crippen LogP) is 4.41. The Morgan fingerprint density at radius 2 is 1.53 bits per heavy atom. The van der Waals surface area contributed by atoms with Crippen LogP contribution in [0, 0.1) is 11.3 Å². The van der Waals surface area contributed by atoms with Crippen LogP contribution in [-0.2, 0) is 29.5 Å². The van der Waals surface area contributed by atoms with Gasteiger partial charge in [0.15, 0.2) is 0 Å². The second-order valence-corrected chi connectivity index (χ2v) is 9.27. The van der Waals surface area contributed by atoms with Crippen LogP contribution in [0.15, 0.2) is 54.6 Å². The van der Waals surface area contributed by atoms with E-state index in [2.05, 4.69) is 0 Å². The molecule has 1 aliphatic heterocycles. The van der Waals surface area contributed by atoms with E-state index in [1.807, 2.05) is 26.8 Å². The fourth-order valence-electron chi connectivity index (χ4n) is 4.26. The quantitative estimate of drug-likeness (QED) is 0.471. The van der Waals surface area contributed by atoms with Crippen molar-refractivity contribution >= 4 is 17.5 Å². The second kappa shape index (κ2) is 8.87. The lowest BCUT2D eigenvalue weighted by Crippen LogP contribution is -2.47. The van der Waals surface area contributed by atoms with Crippen molar-refractivity contribution in [3.8, 4) is 5.75 Å². The number of ether oxygens (including phenoxy) is 3. The number of cyclic esters (lactones) is 1. The standard InChI is InChI=1S/C26H30O6/c1-16(27)21(17(2)28)22(18-12-14-20(30-6)15-13-18)26(19-10-8-7-9-11-19)23(29)31-24(32-26)25(3,4)5/h7-15,21-22,24H,1-6H3/t22-,24-,26-/m1/s1. The number of carbonyl (C=O) groups is 3. The molecule has 0 N–H and O–H groups in total. The Morgan fingerprint density at radius 1 is 0.969 bits per heavy atom. The molecule has 0 radical (unpaired) electrons. The number of esters is 1. The first-order chi connectivity index (χ1) is 15.0. The number of methoxy groups -OCH3 is 1. The van der Waals surface area contributed by atoms with E-state index in [0.717, 1.165) is 0 Å². The van der Waals surface area contributed by atoms with Crippen LogP contribution in [0.1, 0.15) is 51.7 Å². The molecule has 1 saturated heterocycles. The maximum atomic E-state index is 13.6. The van der Waals surface area contributed by atoms with Crippen LogP contribution in [0.25, 0.3) is 0 Å². The molecule has 1 fully saturated rings. The lowest BCUT2D eigenvalue weighted by molar-refractivity contribution is -0.162. The highest BCUT2D eigenvalue weighted by molar-refractivity contribution is 6.02. The highest BCUT2D eigenvalue weighted by atomic mass is 16.8. The maximum Gasteiger partial charge on any atom is 0.346 e. The van der Waals surface area contributed by atoms with E-state index >= 15 is 0 Å². The van der Waals surface area contributed by atoms with Crippen LogP contribution in [0.4, 0.5) is 0 Å². The van der Waals surface area contributed by atoms with Crippen molar-refractivity contribution in [1.82, 2.24) is 0 Å². The van der Waals surface area contributed by atoms with Gasteiger partial charge in [-0.05, 0) is 37.1 Å². The summed E-state index contributed by atoms with van der Waals surface area (Å²) in [6.45, 7) is 8.44. The first kappa shape index (κ1) is 23.7. The Hall–Kier alpha value is -2.99. The molecule has 0 aromatic heterocycles. The second-order valence-electron chi connectivity index (χ2n) is 9.27. The summed E-state index contributed by atoms with van der Waals surface area (Å²) in [7, 11) is 1.55. The molecule has 3 atom stereocenters. The molecule has 0 aliphatic carbocycles. The highest BCUT2D eigenvalue weighted by Gasteiger charge is 2.62. The van der Waals surface area contributed by atoms with Crippen molar-refractivity contribution in [3.05, 3.63) is 65.7 Å². The van der Waals surface area contributed by atoms with Gasteiger partial charge in [0.25, 0.3) is 0 Å². The van der Waals surface area contributed by atoms with Crippen LogP contribution in [0.3, 0.4) is 0 Å². The molecule has 0 spiro atoms. The van der Waals surface area contributed by atoms with Gasteiger partial charge in [0.2, 0.25) is 11.9 Å². The molecule has 0 unspecified atom stereocenters. The van der Waals surface area contributed by atoms with Crippen LogP contribution in [0.2, 0.25) is 0 Å². The molecule has 0 bridgehead atoms.